The van der Waals surface area contributed by atoms with Crippen LogP contribution in [0.4, 0.5) is 0 Å². The summed E-state index contributed by atoms with van der Waals surface area (Å²) < 4.78 is 12.3. The second-order valence-electron chi connectivity index (χ2n) is 6.19. The molecule has 0 bridgehead atoms. The third-order valence-corrected chi connectivity index (χ3v) is 3.73. The Morgan fingerprint density at radius 2 is 1.85 bits per heavy atom. The van der Waals surface area contributed by atoms with Gasteiger partial charge < -0.3 is 9.47 Å². The molecule has 1 heterocycles. The van der Waals surface area contributed by atoms with Gasteiger partial charge in [0.2, 0.25) is 5.91 Å². The number of hydrogen-bond acceptors (Lipinski definition) is 5. The van der Waals surface area contributed by atoms with Crippen molar-refractivity contribution >= 4 is 22.8 Å². The molecule has 3 aromatic rings. The van der Waals surface area contributed by atoms with Crippen LogP contribution >= 0.6 is 0 Å². The molecule has 6 heteroatoms. The van der Waals surface area contributed by atoms with Gasteiger partial charge in [0, 0.05) is 12.3 Å². The van der Waals surface area contributed by atoms with E-state index in [2.05, 4.69) is 5.10 Å². The van der Waals surface area contributed by atoms with Crippen molar-refractivity contribution in [3.8, 4) is 5.75 Å². The van der Waals surface area contributed by atoms with Crippen LogP contribution in [0.25, 0.3) is 10.9 Å². The van der Waals surface area contributed by atoms with Crippen molar-refractivity contribution in [2.24, 2.45) is 0 Å². The predicted octanol–water partition coefficient (Wildman–Crippen LogP) is 3.84. The third-order valence-electron chi connectivity index (χ3n) is 3.73. The minimum Gasteiger partial charge on any atom is -0.489 e. The SMILES string of the molecule is CC(=O)n1nc(C(=O)OC(C)C)c2cc(OCc3ccccc3)ccc21. The van der Waals surface area contributed by atoms with Gasteiger partial charge in [-0.3, -0.25) is 4.79 Å². The molecule has 0 radical (unpaired) electrons. The van der Waals surface area contributed by atoms with Crippen LogP contribution in [0.5, 0.6) is 5.75 Å². The third kappa shape index (κ3) is 3.74. The minimum atomic E-state index is -0.565. The molecular formula is C20H20N2O4. The summed E-state index contributed by atoms with van der Waals surface area (Å²) in [6.45, 7) is 5.32. The molecule has 0 aliphatic rings. The van der Waals surface area contributed by atoms with E-state index in [1.54, 1.807) is 32.0 Å². The van der Waals surface area contributed by atoms with E-state index >= 15 is 0 Å². The normalized spacial score (nSPS) is 10.9. The smallest absolute Gasteiger partial charge is 0.359 e. The molecule has 0 fully saturated rings. The molecule has 134 valence electrons. The molecule has 1 aromatic heterocycles. The first-order valence-corrected chi connectivity index (χ1v) is 8.37. The highest BCUT2D eigenvalue weighted by atomic mass is 16.5. The lowest BCUT2D eigenvalue weighted by atomic mass is 10.2. The summed E-state index contributed by atoms with van der Waals surface area (Å²) in [6, 6.07) is 15.0. The molecule has 0 unspecified atom stereocenters. The first-order valence-electron chi connectivity index (χ1n) is 8.37. The van der Waals surface area contributed by atoms with Gasteiger partial charge in [-0.15, -0.1) is 0 Å². The average molecular weight is 352 g/mol. The average Bonchev–Trinajstić information content (AvgIpc) is 2.99. The van der Waals surface area contributed by atoms with Crippen LogP contribution in [0.15, 0.2) is 48.5 Å². The van der Waals surface area contributed by atoms with E-state index in [1.165, 1.54) is 11.6 Å². The van der Waals surface area contributed by atoms with Crippen LogP contribution in [0, 0.1) is 0 Å². The number of aromatic nitrogens is 2. The van der Waals surface area contributed by atoms with Crippen molar-refractivity contribution in [2.45, 2.75) is 33.5 Å². The van der Waals surface area contributed by atoms with Crippen LogP contribution in [0.1, 0.15) is 41.6 Å². The largest absolute Gasteiger partial charge is 0.489 e. The number of rotatable bonds is 5. The van der Waals surface area contributed by atoms with E-state index in [0.29, 0.717) is 23.3 Å². The van der Waals surface area contributed by atoms with Gasteiger partial charge in [-0.25, -0.2) is 4.79 Å². The van der Waals surface area contributed by atoms with Crippen LogP contribution in [-0.4, -0.2) is 27.8 Å². The molecular weight excluding hydrogens is 332 g/mol. The Labute approximate surface area is 151 Å². The van der Waals surface area contributed by atoms with Crippen molar-refractivity contribution in [2.75, 3.05) is 0 Å². The quantitative estimate of drug-likeness (QED) is 0.653. The zero-order chi connectivity index (χ0) is 18.7. The van der Waals surface area contributed by atoms with Crippen molar-refractivity contribution in [3.63, 3.8) is 0 Å². The summed E-state index contributed by atoms with van der Waals surface area (Å²) in [6.07, 6.45) is -0.280. The van der Waals surface area contributed by atoms with E-state index in [0.717, 1.165) is 5.56 Å². The van der Waals surface area contributed by atoms with Gasteiger partial charge in [0.05, 0.1) is 11.6 Å². The fraction of sp³-hybridized carbons (Fsp3) is 0.250. The zero-order valence-electron chi connectivity index (χ0n) is 14.9. The number of carbonyl (C=O) groups excluding carboxylic acids is 2. The van der Waals surface area contributed by atoms with E-state index < -0.39 is 5.97 Å². The number of esters is 1. The van der Waals surface area contributed by atoms with E-state index in [9.17, 15) is 9.59 Å². The molecule has 26 heavy (non-hydrogen) atoms. The van der Waals surface area contributed by atoms with E-state index in [4.69, 9.17) is 9.47 Å². The zero-order valence-corrected chi connectivity index (χ0v) is 14.9. The second-order valence-corrected chi connectivity index (χ2v) is 6.19. The van der Waals surface area contributed by atoms with Gasteiger partial charge in [-0.1, -0.05) is 30.3 Å². The lowest BCUT2D eigenvalue weighted by Gasteiger charge is -2.07. The molecule has 0 spiro atoms. The van der Waals surface area contributed by atoms with Gasteiger partial charge >= 0.3 is 5.97 Å². The minimum absolute atomic E-state index is 0.106. The van der Waals surface area contributed by atoms with Crippen molar-refractivity contribution in [3.05, 3.63) is 59.8 Å². The summed E-state index contributed by atoms with van der Waals surface area (Å²) in [5.41, 5.74) is 1.68. The number of carbonyl (C=O) groups is 2. The molecule has 0 N–H and O–H groups in total. The molecule has 3 rings (SSSR count). The molecule has 2 aromatic carbocycles. The van der Waals surface area contributed by atoms with Gasteiger partial charge in [0.15, 0.2) is 5.69 Å². The Morgan fingerprint density at radius 1 is 1.12 bits per heavy atom. The van der Waals surface area contributed by atoms with Gasteiger partial charge in [-0.05, 0) is 37.6 Å². The maximum atomic E-state index is 12.3. The Kier molecular flexibility index (Phi) is 5.02. The fourth-order valence-corrected chi connectivity index (χ4v) is 2.59. The van der Waals surface area contributed by atoms with Crippen molar-refractivity contribution in [1.29, 1.82) is 0 Å². The molecule has 0 amide bonds. The summed E-state index contributed by atoms with van der Waals surface area (Å²) in [4.78, 5) is 24.2. The Bertz CT molecular complexity index is 945. The van der Waals surface area contributed by atoms with Crippen LogP contribution in [0.2, 0.25) is 0 Å². The monoisotopic (exact) mass is 352 g/mol. The summed E-state index contributed by atoms with van der Waals surface area (Å²) in [5, 5.41) is 4.66. The highest BCUT2D eigenvalue weighted by molar-refractivity contribution is 6.05. The second kappa shape index (κ2) is 7.39. The first-order chi connectivity index (χ1) is 12.5. The molecule has 0 atom stereocenters. The van der Waals surface area contributed by atoms with Crippen molar-refractivity contribution in [1.82, 2.24) is 9.78 Å². The van der Waals surface area contributed by atoms with Crippen LogP contribution in [-0.2, 0) is 11.3 Å². The van der Waals surface area contributed by atoms with Gasteiger partial charge in [0.1, 0.15) is 12.4 Å². The number of ether oxygens (including phenoxy) is 2. The van der Waals surface area contributed by atoms with E-state index in [1.807, 2.05) is 30.3 Å². The van der Waals surface area contributed by atoms with Gasteiger partial charge in [0.25, 0.3) is 0 Å². The number of benzene rings is 2. The number of nitrogens with zero attached hydrogens (tertiary/aromatic N) is 2. The maximum Gasteiger partial charge on any atom is 0.359 e. The maximum absolute atomic E-state index is 12.3. The highest BCUT2D eigenvalue weighted by Gasteiger charge is 2.21. The standard InChI is InChI=1S/C20H20N2O4/c1-13(2)26-20(24)19-17-11-16(25-12-15-7-5-4-6-8-15)9-10-18(17)22(21-19)14(3)23/h4-11,13H,12H2,1-3H3. The Hall–Kier alpha value is -3.15. The lowest BCUT2D eigenvalue weighted by molar-refractivity contribution is 0.0372. The molecule has 6 nitrogen and oxygen atoms in total. The molecule has 0 aliphatic heterocycles. The predicted molar refractivity (Wildman–Crippen MR) is 97.4 cm³/mol. The molecule has 0 aliphatic carbocycles. The number of fused-ring (bicyclic) bond motifs is 1. The van der Waals surface area contributed by atoms with Crippen LogP contribution in [0.3, 0.4) is 0 Å². The summed E-state index contributed by atoms with van der Waals surface area (Å²) in [7, 11) is 0. The first kappa shape index (κ1) is 17.7. The highest BCUT2D eigenvalue weighted by Crippen LogP contribution is 2.25. The Balaban J connectivity index is 1.95. The Morgan fingerprint density at radius 3 is 2.50 bits per heavy atom. The van der Waals surface area contributed by atoms with Crippen molar-refractivity contribution < 1.29 is 19.1 Å². The van der Waals surface area contributed by atoms with Crippen LogP contribution < -0.4 is 4.74 Å². The summed E-state index contributed by atoms with van der Waals surface area (Å²) in [5.74, 6) is -0.259. The molecule has 0 saturated heterocycles. The number of hydrogen-bond donors (Lipinski definition) is 0. The van der Waals surface area contributed by atoms with Gasteiger partial charge in [-0.2, -0.15) is 9.78 Å². The summed E-state index contributed by atoms with van der Waals surface area (Å²) >= 11 is 0. The molecule has 0 saturated carbocycles. The topological polar surface area (TPSA) is 70.4 Å². The van der Waals surface area contributed by atoms with E-state index in [-0.39, 0.29) is 17.7 Å². The lowest BCUT2D eigenvalue weighted by Crippen LogP contribution is -2.14. The fourth-order valence-electron chi connectivity index (χ4n) is 2.59.